The molecule has 0 spiro atoms. The van der Waals surface area contributed by atoms with Crippen LogP contribution in [0.15, 0.2) is 40.0 Å². The van der Waals surface area contributed by atoms with Crippen molar-refractivity contribution in [2.75, 3.05) is 0 Å². The number of quaternary nitrogens is 1. The summed E-state index contributed by atoms with van der Waals surface area (Å²) in [5.74, 6) is 0.613. The Bertz CT molecular complexity index is 484. The number of rotatable bonds is 5. The first-order chi connectivity index (χ1) is 8.65. The van der Waals surface area contributed by atoms with Gasteiger partial charge in [0.05, 0.1) is 0 Å². The van der Waals surface area contributed by atoms with Crippen molar-refractivity contribution in [3.63, 3.8) is 0 Å². The average Bonchev–Trinajstić information content (AvgIpc) is 2.78. The van der Waals surface area contributed by atoms with Crippen molar-refractivity contribution in [2.24, 2.45) is 0 Å². The number of aromatic nitrogens is 2. The molecule has 0 saturated carbocycles. The Morgan fingerprint density at radius 1 is 1.22 bits per heavy atom. The second-order valence-electron chi connectivity index (χ2n) is 4.46. The highest BCUT2D eigenvalue weighted by atomic mass is 32.2. The molecule has 0 radical (unpaired) electrons. The summed E-state index contributed by atoms with van der Waals surface area (Å²) in [5, 5.41) is 9.16. The van der Waals surface area contributed by atoms with Gasteiger partial charge >= 0.3 is 0 Å². The first-order valence-electron chi connectivity index (χ1n) is 6.02. The van der Waals surface area contributed by atoms with Crippen molar-refractivity contribution in [1.82, 2.24) is 10.2 Å². The smallest absolute Gasteiger partial charge is 0.277 e. The van der Waals surface area contributed by atoms with E-state index in [1.54, 1.807) is 11.8 Å². The van der Waals surface area contributed by atoms with Gasteiger partial charge in [0, 0.05) is 11.7 Å². The van der Waals surface area contributed by atoms with Crippen molar-refractivity contribution in [1.29, 1.82) is 0 Å². The van der Waals surface area contributed by atoms with Crippen LogP contribution < -0.4 is 5.73 Å². The summed E-state index contributed by atoms with van der Waals surface area (Å²) >= 11 is 1.57. The third-order valence-electron chi connectivity index (χ3n) is 2.43. The molecule has 0 fully saturated rings. The lowest BCUT2D eigenvalue weighted by Crippen LogP contribution is -2.54. The lowest BCUT2D eigenvalue weighted by Gasteiger charge is -2.03. The van der Waals surface area contributed by atoms with Gasteiger partial charge in [0.15, 0.2) is 6.04 Å². The summed E-state index contributed by atoms with van der Waals surface area (Å²) in [6.45, 7) is 4.19. The maximum Gasteiger partial charge on any atom is 0.277 e. The summed E-state index contributed by atoms with van der Waals surface area (Å²) in [4.78, 5) is 0. The number of thioether (sulfide) groups is 1. The van der Waals surface area contributed by atoms with Gasteiger partial charge in [0.2, 0.25) is 0 Å². The van der Waals surface area contributed by atoms with Gasteiger partial charge in [-0.05, 0) is 5.56 Å². The molecule has 5 heteroatoms. The second-order valence-corrected chi connectivity index (χ2v) is 5.99. The molecule has 4 nitrogen and oxygen atoms in total. The number of hydrogen-bond acceptors (Lipinski definition) is 4. The third kappa shape index (κ3) is 3.58. The van der Waals surface area contributed by atoms with Crippen LogP contribution in [-0.2, 0) is 6.42 Å². The van der Waals surface area contributed by atoms with E-state index >= 15 is 0 Å². The van der Waals surface area contributed by atoms with E-state index in [0.717, 1.165) is 6.42 Å². The van der Waals surface area contributed by atoms with Crippen LogP contribution in [0.2, 0.25) is 0 Å². The lowest BCUT2D eigenvalue weighted by molar-refractivity contribution is -0.431. The molecule has 1 heterocycles. The maximum absolute atomic E-state index is 5.61. The van der Waals surface area contributed by atoms with E-state index in [0.29, 0.717) is 16.4 Å². The van der Waals surface area contributed by atoms with Gasteiger partial charge in [0.25, 0.3) is 11.1 Å². The summed E-state index contributed by atoms with van der Waals surface area (Å²) in [6.07, 6.45) is 0.814. The first-order valence-corrected chi connectivity index (χ1v) is 6.90. The molecule has 2 aromatic rings. The molecule has 0 aliphatic rings. The summed E-state index contributed by atoms with van der Waals surface area (Å²) in [6, 6.07) is 10.2. The quantitative estimate of drug-likeness (QED) is 0.840. The van der Waals surface area contributed by atoms with E-state index in [1.807, 2.05) is 18.2 Å². The molecule has 0 aliphatic carbocycles. The van der Waals surface area contributed by atoms with Crippen LogP contribution in [0.3, 0.4) is 0 Å². The molecular weight excluding hydrogens is 246 g/mol. The number of hydrogen-bond donors (Lipinski definition) is 1. The van der Waals surface area contributed by atoms with E-state index in [4.69, 9.17) is 4.42 Å². The van der Waals surface area contributed by atoms with Gasteiger partial charge in [0.1, 0.15) is 0 Å². The normalized spacial score (nSPS) is 12.9. The van der Waals surface area contributed by atoms with Crippen molar-refractivity contribution in [2.45, 2.75) is 36.8 Å². The van der Waals surface area contributed by atoms with Gasteiger partial charge in [-0.15, -0.1) is 10.2 Å². The molecule has 2 rings (SSSR count). The molecule has 1 aromatic carbocycles. The first kappa shape index (κ1) is 13.1. The summed E-state index contributed by atoms with van der Waals surface area (Å²) < 4.78 is 5.61. The second kappa shape index (κ2) is 6.02. The van der Waals surface area contributed by atoms with Gasteiger partial charge in [-0.2, -0.15) is 0 Å². The van der Waals surface area contributed by atoms with Crippen LogP contribution in [0.1, 0.15) is 31.3 Å². The molecule has 96 valence electrons. The molecule has 0 bridgehead atoms. The van der Waals surface area contributed by atoms with E-state index < -0.39 is 0 Å². The monoisotopic (exact) mass is 264 g/mol. The predicted molar refractivity (Wildman–Crippen MR) is 71.1 cm³/mol. The van der Waals surface area contributed by atoms with Gasteiger partial charge in [-0.1, -0.05) is 55.9 Å². The van der Waals surface area contributed by atoms with Crippen molar-refractivity contribution < 1.29 is 10.2 Å². The molecular formula is C13H18N3OS+. The largest absolute Gasteiger partial charge is 0.410 e. The van der Waals surface area contributed by atoms with Crippen molar-refractivity contribution in [3.05, 3.63) is 41.8 Å². The molecule has 0 amide bonds. The summed E-state index contributed by atoms with van der Waals surface area (Å²) in [7, 11) is 0. The van der Waals surface area contributed by atoms with Crippen LogP contribution in [0, 0.1) is 0 Å². The Hall–Kier alpha value is -1.33. The Morgan fingerprint density at radius 2 is 1.94 bits per heavy atom. The van der Waals surface area contributed by atoms with Crippen LogP contribution in [0.5, 0.6) is 0 Å². The maximum atomic E-state index is 5.61. The van der Waals surface area contributed by atoms with Gasteiger partial charge < -0.3 is 10.2 Å². The zero-order chi connectivity index (χ0) is 13.0. The molecule has 0 unspecified atom stereocenters. The highest BCUT2D eigenvalue weighted by Crippen LogP contribution is 2.23. The Balaban J connectivity index is 2.00. The highest BCUT2D eigenvalue weighted by molar-refractivity contribution is 7.99. The van der Waals surface area contributed by atoms with E-state index in [-0.39, 0.29) is 6.04 Å². The van der Waals surface area contributed by atoms with Gasteiger partial charge in [-0.25, -0.2) is 0 Å². The van der Waals surface area contributed by atoms with E-state index in [2.05, 4.69) is 41.9 Å². The predicted octanol–water partition coefficient (Wildman–Crippen LogP) is 2.10. The van der Waals surface area contributed by atoms with E-state index in [1.165, 1.54) is 5.56 Å². The lowest BCUT2D eigenvalue weighted by atomic mass is 10.1. The molecule has 0 saturated heterocycles. The fourth-order valence-electron chi connectivity index (χ4n) is 1.62. The Morgan fingerprint density at radius 3 is 2.61 bits per heavy atom. The Labute approximate surface area is 111 Å². The zero-order valence-electron chi connectivity index (χ0n) is 10.7. The minimum absolute atomic E-state index is 0.00131. The van der Waals surface area contributed by atoms with Crippen LogP contribution in [-0.4, -0.2) is 15.4 Å². The topological polar surface area (TPSA) is 66.6 Å². The number of nitrogens with zero attached hydrogens (tertiary/aromatic N) is 2. The molecule has 1 aromatic heterocycles. The minimum atomic E-state index is 0.00131. The van der Waals surface area contributed by atoms with Crippen LogP contribution in [0.4, 0.5) is 0 Å². The van der Waals surface area contributed by atoms with Crippen molar-refractivity contribution >= 4 is 11.8 Å². The van der Waals surface area contributed by atoms with Crippen LogP contribution in [0.25, 0.3) is 0 Å². The van der Waals surface area contributed by atoms with Crippen LogP contribution >= 0.6 is 11.8 Å². The molecule has 1 atom stereocenters. The third-order valence-corrected chi connectivity index (χ3v) is 3.27. The SMILES string of the molecule is CC(C)Sc1nnc([C@@H]([NH3+])Cc2ccccc2)o1. The zero-order valence-corrected chi connectivity index (χ0v) is 11.5. The summed E-state index contributed by atoms with van der Waals surface area (Å²) in [5.41, 5.74) is 5.32. The molecule has 0 aliphatic heterocycles. The molecule has 3 N–H and O–H groups in total. The van der Waals surface area contributed by atoms with E-state index in [9.17, 15) is 0 Å². The van der Waals surface area contributed by atoms with Crippen molar-refractivity contribution in [3.8, 4) is 0 Å². The standard InChI is InChI=1S/C13H17N3OS/c1-9(2)18-13-16-15-12(17-13)11(14)8-10-6-4-3-5-7-10/h3-7,9,11H,8,14H2,1-2H3/p+1/t11-/m0/s1. The minimum Gasteiger partial charge on any atom is -0.410 e. The fraction of sp³-hybridized carbons (Fsp3) is 0.385. The van der Waals surface area contributed by atoms with Gasteiger partial charge in [-0.3, -0.25) is 0 Å². The Kier molecular flexibility index (Phi) is 4.38. The average molecular weight is 264 g/mol. The molecule has 18 heavy (non-hydrogen) atoms. The fourth-order valence-corrected chi connectivity index (χ4v) is 2.25. The number of benzene rings is 1. The highest BCUT2D eigenvalue weighted by Gasteiger charge is 2.18.